The molecule has 2 N–H and O–H groups in total. The topological polar surface area (TPSA) is 58.6 Å². The van der Waals surface area contributed by atoms with Gasteiger partial charge >= 0.3 is 0 Å². The Balaban J connectivity index is 2.15. The molecule has 21 heavy (non-hydrogen) atoms. The van der Waals surface area contributed by atoms with Crippen molar-refractivity contribution in [2.45, 2.75) is 19.6 Å². The average molecular weight is 285 g/mol. The maximum Gasteiger partial charge on any atom is 0.152 e. The maximum atomic E-state index is 11.1. The summed E-state index contributed by atoms with van der Waals surface area (Å²) in [4.78, 5) is 11.1. The van der Waals surface area contributed by atoms with Gasteiger partial charge in [-0.15, -0.1) is 0 Å². The number of hydrogen-bond acceptors (Lipinski definition) is 4. The molecule has 0 aliphatic carbocycles. The highest BCUT2D eigenvalue weighted by Gasteiger charge is 2.10. The summed E-state index contributed by atoms with van der Waals surface area (Å²) in [6.45, 7) is 2.46. The summed E-state index contributed by atoms with van der Waals surface area (Å²) in [5, 5.41) is 12.4. The van der Waals surface area contributed by atoms with Gasteiger partial charge in [-0.2, -0.15) is 0 Å². The molecular weight excluding hydrogens is 266 g/mol. The van der Waals surface area contributed by atoms with Gasteiger partial charge in [-0.1, -0.05) is 36.4 Å². The van der Waals surface area contributed by atoms with Gasteiger partial charge in [0.2, 0.25) is 0 Å². The lowest BCUT2D eigenvalue weighted by molar-refractivity contribution is 0.112. The predicted molar refractivity (Wildman–Crippen MR) is 82.8 cm³/mol. The highest BCUT2D eigenvalue weighted by molar-refractivity contribution is 5.87. The molecule has 1 unspecified atom stereocenters. The van der Waals surface area contributed by atoms with Crippen LogP contribution in [0, 0.1) is 0 Å². The van der Waals surface area contributed by atoms with E-state index in [1.54, 1.807) is 25.1 Å². The Bertz CT molecular complexity index is 582. The van der Waals surface area contributed by atoms with Crippen molar-refractivity contribution in [3.63, 3.8) is 0 Å². The largest absolute Gasteiger partial charge is 0.487 e. The number of benzene rings is 2. The van der Waals surface area contributed by atoms with E-state index >= 15 is 0 Å². The quantitative estimate of drug-likeness (QED) is 0.768. The van der Waals surface area contributed by atoms with E-state index in [1.807, 2.05) is 30.3 Å². The number of ether oxygens (including phenoxy) is 1. The van der Waals surface area contributed by atoms with Gasteiger partial charge in [0.25, 0.3) is 0 Å². The first-order chi connectivity index (χ1) is 10.2. The molecule has 4 nitrogen and oxygen atoms in total. The summed E-state index contributed by atoms with van der Waals surface area (Å²) in [6.07, 6.45) is 0.270. The number of carbonyl (C=O) groups excluding carboxylic acids is 1. The lowest BCUT2D eigenvalue weighted by Crippen LogP contribution is -2.17. The van der Waals surface area contributed by atoms with Gasteiger partial charge in [-0.25, -0.2) is 0 Å². The van der Waals surface area contributed by atoms with Gasteiger partial charge in [0.15, 0.2) is 6.29 Å². The van der Waals surface area contributed by atoms with Crippen LogP contribution in [0.15, 0.2) is 48.5 Å². The Hall–Kier alpha value is -2.33. The standard InChI is InChI=1S/C17H19NO3/c1-13(20)10-18-17-15(11-19)8-5-9-16(17)21-12-14-6-3-2-4-7-14/h2-9,11,13,18,20H,10,12H2,1H3. The number of hydrogen-bond donors (Lipinski definition) is 2. The van der Waals surface area contributed by atoms with Crippen LogP contribution in [0.4, 0.5) is 5.69 Å². The molecule has 0 radical (unpaired) electrons. The third kappa shape index (κ3) is 4.33. The number of aliphatic hydroxyl groups excluding tert-OH is 1. The molecule has 0 spiro atoms. The third-order valence-electron chi connectivity index (χ3n) is 3.00. The van der Waals surface area contributed by atoms with Crippen molar-refractivity contribution in [3.8, 4) is 5.75 Å². The second-order valence-corrected chi connectivity index (χ2v) is 4.84. The molecule has 0 aliphatic heterocycles. The molecule has 110 valence electrons. The van der Waals surface area contributed by atoms with Crippen LogP contribution in [0.1, 0.15) is 22.8 Å². The lowest BCUT2D eigenvalue weighted by atomic mass is 10.1. The van der Waals surface area contributed by atoms with E-state index in [-0.39, 0.29) is 0 Å². The minimum atomic E-state index is -0.508. The Kier molecular flexibility index (Phi) is 5.35. The summed E-state index contributed by atoms with van der Waals surface area (Å²) >= 11 is 0. The number of anilines is 1. The molecule has 0 aliphatic rings. The van der Waals surface area contributed by atoms with Crippen molar-refractivity contribution in [1.82, 2.24) is 0 Å². The second kappa shape index (κ2) is 7.45. The molecule has 4 heteroatoms. The minimum absolute atomic E-state index is 0.354. The van der Waals surface area contributed by atoms with Crippen LogP contribution >= 0.6 is 0 Å². The van der Waals surface area contributed by atoms with E-state index in [1.165, 1.54) is 0 Å². The van der Waals surface area contributed by atoms with Crippen molar-refractivity contribution in [2.24, 2.45) is 0 Å². The van der Waals surface area contributed by atoms with Crippen molar-refractivity contribution >= 4 is 12.0 Å². The number of aldehydes is 1. The van der Waals surface area contributed by atoms with Gasteiger partial charge in [0, 0.05) is 12.1 Å². The van der Waals surface area contributed by atoms with E-state index in [0.717, 1.165) is 11.8 Å². The zero-order chi connectivity index (χ0) is 15.1. The SMILES string of the molecule is CC(O)CNc1c(C=O)cccc1OCc1ccccc1. The molecule has 0 heterocycles. The first-order valence-corrected chi connectivity index (χ1v) is 6.87. The zero-order valence-corrected chi connectivity index (χ0v) is 12.0. The lowest BCUT2D eigenvalue weighted by Gasteiger charge is -2.16. The van der Waals surface area contributed by atoms with Gasteiger partial charge in [-0.05, 0) is 24.6 Å². The van der Waals surface area contributed by atoms with Crippen LogP contribution in [-0.2, 0) is 6.61 Å². The number of para-hydroxylation sites is 1. The summed E-state index contributed by atoms with van der Waals surface area (Å²) in [7, 11) is 0. The van der Waals surface area contributed by atoms with E-state index in [4.69, 9.17) is 4.74 Å². The van der Waals surface area contributed by atoms with Crippen LogP contribution < -0.4 is 10.1 Å². The average Bonchev–Trinajstić information content (AvgIpc) is 2.51. The number of carbonyl (C=O) groups is 1. The molecule has 0 bridgehead atoms. The fraction of sp³-hybridized carbons (Fsp3) is 0.235. The number of aliphatic hydroxyl groups is 1. The fourth-order valence-corrected chi connectivity index (χ4v) is 1.94. The van der Waals surface area contributed by atoms with Gasteiger partial charge in [0.1, 0.15) is 12.4 Å². The zero-order valence-electron chi connectivity index (χ0n) is 12.0. The minimum Gasteiger partial charge on any atom is -0.487 e. The molecule has 0 saturated carbocycles. The predicted octanol–water partition coefficient (Wildman–Crippen LogP) is 2.87. The number of rotatable bonds is 7. The Morgan fingerprint density at radius 1 is 1.19 bits per heavy atom. The van der Waals surface area contributed by atoms with Crippen LogP contribution in [-0.4, -0.2) is 24.0 Å². The first-order valence-electron chi connectivity index (χ1n) is 6.87. The highest BCUT2D eigenvalue weighted by atomic mass is 16.5. The summed E-state index contributed by atoms with van der Waals surface area (Å²) < 4.78 is 5.79. The third-order valence-corrected chi connectivity index (χ3v) is 3.00. The Morgan fingerprint density at radius 3 is 2.62 bits per heavy atom. The molecular formula is C17H19NO3. The van der Waals surface area contributed by atoms with Crippen molar-refractivity contribution in [3.05, 3.63) is 59.7 Å². The van der Waals surface area contributed by atoms with Crippen LogP contribution in [0.2, 0.25) is 0 Å². The molecule has 0 amide bonds. The number of nitrogens with one attached hydrogen (secondary N) is 1. The van der Waals surface area contributed by atoms with Gasteiger partial charge in [0.05, 0.1) is 11.8 Å². The highest BCUT2D eigenvalue weighted by Crippen LogP contribution is 2.28. The van der Waals surface area contributed by atoms with E-state index in [9.17, 15) is 9.90 Å². The molecule has 0 saturated heterocycles. The summed E-state index contributed by atoms with van der Waals surface area (Å²) in [5.74, 6) is 0.601. The van der Waals surface area contributed by atoms with E-state index < -0.39 is 6.10 Å². The molecule has 2 aromatic carbocycles. The molecule has 0 aromatic heterocycles. The maximum absolute atomic E-state index is 11.1. The molecule has 0 fully saturated rings. The first kappa shape index (κ1) is 15.1. The monoisotopic (exact) mass is 285 g/mol. The normalized spacial score (nSPS) is 11.7. The molecule has 1 atom stereocenters. The van der Waals surface area contributed by atoms with Crippen molar-refractivity contribution in [2.75, 3.05) is 11.9 Å². The summed E-state index contributed by atoms with van der Waals surface area (Å²) in [6, 6.07) is 15.1. The van der Waals surface area contributed by atoms with E-state index in [0.29, 0.717) is 30.2 Å². The van der Waals surface area contributed by atoms with Crippen LogP contribution in [0.3, 0.4) is 0 Å². The smallest absolute Gasteiger partial charge is 0.152 e. The van der Waals surface area contributed by atoms with Crippen molar-refractivity contribution in [1.29, 1.82) is 0 Å². The van der Waals surface area contributed by atoms with Crippen LogP contribution in [0.5, 0.6) is 5.75 Å². The fourth-order valence-electron chi connectivity index (χ4n) is 1.94. The van der Waals surface area contributed by atoms with Gasteiger partial charge in [-0.3, -0.25) is 4.79 Å². The molecule has 2 rings (SSSR count). The Morgan fingerprint density at radius 2 is 1.95 bits per heavy atom. The molecule has 2 aromatic rings. The van der Waals surface area contributed by atoms with Crippen molar-refractivity contribution < 1.29 is 14.6 Å². The van der Waals surface area contributed by atoms with Crippen LogP contribution in [0.25, 0.3) is 0 Å². The Labute approximate surface area is 124 Å². The summed E-state index contributed by atoms with van der Waals surface area (Å²) in [5.41, 5.74) is 2.18. The van der Waals surface area contributed by atoms with E-state index in [2.05, 4.69) is 5.32 Å². The second-order valence-electron chi connectivity index (χ2n) is 4.84. The van der Waals surface area contributed by atoms with Gasteiger partial charge < -0.3 is 15.2 Å².